The van der Waals surface area contributed by atoms with Gasteiger partial charge in [-0.2, -0.15) is 44.9 Å². The first-order chi connectivity index (χ1) is 16.6. The van der Waals surface area contributed by atoms with Gasteiger partial charge in [-0.25, -0.2) is 9.98 Å². The second-order valence-electron chi connectivity index (χ2n) is 7.11. The van der Waals surface area contributed by atoms with Crippen molar-refractivity contribution in [3.8, 4) is 0 Å². The fourth-order valence-electron chi connectivity index (χ4n) is 3.29. The molecular formula is C18H9Cl2F9N6S. The highest BCUT2D eigenvalue weighted by molar-refractivity contribution is 7.09. The van der Waals surface area contributed by atoms with Gasteiger partial charge in [0.05, 0.1) is 33.4 Å². The van der Waals surface area contributed by atoms with Gasteiger partial charge in [0.15, 0.2) is 5.84 Å². The van der Waals surface area contributed by atoms with Crippen molar-refractivity contribution in [3.05, 3.63) is 55.6 Å². The Hall–Kier alpha value is -2.56. The molecule has 6 nitrogen and oxygen atoms in total. The fraction of sp³-hybridized carbons (Fsp3) is 0.278. The maximum Gasteiger partial charge on any atom is 0.449 e. The number of hydrazine groups is 1. The lowest BCUT2D eigenvalue weighted by Gasteiger charge is -2.25. The Morgan fingerprint density at radius 1 is 0.972 bits per heavy atom. The lowest BCUT2D eigenvalue weighted by Crippen LogP contribution is -2.47. The molecule has 3 heterocycles. The highest BCUT2D eigenvalue weighted by Gasteiger charge is 2.52. The molecule has 0 spiro atoms. The molecule has 0 saturated carbocycles. The van der Waals surface area contributed by atoms with E-state index in [1.54, 1.807) is 5.38 Å². The molecule has 0 amide bonds. The van der Waals surface area contributed by atoms with Crippen LogP contribution in [-0.4, -0.2) is 35.2 Å². The summed E-state index contributed by atoms with van der Waals surface area (Å²) < 4.78 is 121. The predicted molar refractivity (Wildman–Crippen MR) is 114 cm³/mol. The summed E-state index contributed by atoms with van der Waals surface area (Å²) in [5.41, 5.74) is -2.11. The van der Waals surface area contributed by atoms with Crippen LogP contribution < -0.4 is 15.8 Å². The zero-order valence-corrected chi connectivity index (χ0v) is 19.3. The van der Waals surface area contributed by atoms with Gasteiger partial charge in [0.2, 0.25) is 5.84 Å². The fourth-order valence-corrected chi connectivity index (χ4v) is 4.49. The molecule has 0 bridgehead atoms. The third kappa shape index (κ3) is 5.12. The number of hydrogen-bond donors (Lipinski definition) is 2. The van der Waals surface area contributed by atoms with Crippen molar-refractivity contribution in [2.75, 3.05) is 5.01 Å². The first kappa shape index (κ1) is 26.5. The van der Waals surface area contributed by atoms with E-state index < -0.39 is 68.9 Å². The van der Waals surface area contributed by atoms with Crippen LogP contribution in [0.1, 0.15) is 10.6 Å². The number of halogens is 11. The number of nitrogens with one attached hydrogen (secondary N) is 2. The van der Waals surface area contributed by atoms with Crippen LogP contribution >= 0.6 is 34.5 Å². The van der Waals surface area contributed by atoms with Gasteiger partial charge in [-0.15, -0.1) is 11.3 Å². The lowest BCUT2D eigenvalue weighted by atomic mass is 10.1. The number of benzene rings is 1. The number of nitrogens with zero attached hydrogens (tertiary/aromatic N) is 4. The Morgan fingerprint density at radius 2 is 1.61 bits per heavy atom. The standard InChI is InChI=1S/C18H9Cl2F9N6S/c19-7-3-6(16(21,22)23)4-8(20)11(7)35-14(31-5-9-30-1-2-36-9)10-12(17(24,25)26)32-15(18(27,28)29)33-13(10)34-35/h1-4,13,34H,5H2,(H,32,33). The Kier molecular flexibility index (Phi) is 6.68. The molecule has 1 unspecified atom stereocenters. The van der Waals surface area contributed by atoms with Gasteiger partial charge < -0.3 is 5.32 Å². The average molecular weight is 583 g/mol. The van der Waals surface area contributed by atoms with Gasteiger partial charge in [0.25, 0.3) is 0 Å². The van der Waals surface area contributed by atoms with E-state index in [2.05, 4.69) is 20.4 Å². The van der Waals surface area contributed by atoms with E-state index >= 15 is 0 Å². The number of anilines is 1. The summed E-state index contributed by atoms with van der Waals surface area (Å²) in [6, 6.07) is 0.930. The Balaban J connectivity index is 1.91. The molecule has 1 aromatic heterocycles. The van der Waals surface area contributed by atoms with Crippen molar-refractivity contribution in [1.29, 1.82) is 0 Å². The Bertz CT molecular complexity index is 1240. The topological polar surface area (TPSA) is 64.9 Å². The SMILES string of the molecule is FC(F)(F)C1=NC2NN(c3c(Cl)cc(C(F)(F)F)cc3Cl)C(=NCc3nccs3)C2=C(C(F)(F)F)N1. The first-order valence-corrected chi connectivity index (χ1v) is 11.0. The number of thiazole rings is 1. The second kappa shape index (κ2) is 9.08. The molecule has 1 aromatic carbocycles. The summed E-state index contributed by atoms with van der Waals surface area (Å²) in [4.78, 5) is 11.3. The summed E-state index contributed by atoms with van der Waals surface area (Å²) in [6.07, 6.45) is -16.1. The van der Waals surface area contributed by atoms with E-state index in [1.807, 2.05) is 0 Å². The first-order valence-electron chi connectivity index (χ1n) is 9.36. The van der Waals surface area contributed by atoms with Gasteiger partial charge in [-0.3, -0.25) is 10.0 Å². The highest BCUT2D eigenvalue weighted by Crippen LogP contribution is 2.43. The van der Waals surface area contributed by atoms with Crippen molar-refractivity contribution >= 4 is 51.9 Å². The summed E-state index contributed by atoms with van der Waals surface area (Å²) in [6.45, 7) is -0.321. The molecule has 0 aliphatic carbocycles. The van der Waals surface area contributed by atoms with Crippen molar-refractivity contribution < 1.29 is 39.5 Å². The zero-order chi connectivity index (χ0) is 26.6. The number of alkyl halides is 9. The lowest BCUT2D eigenvalue weighted by molar-refractivity contribution is -0.137. The molecule has 1 atom stereocenters. The van der Waals surface area contributed by atoms with E-state index in [1.165, 1.54) is 11.5 Å². The number of rotatable bonds is 3. The van der Waals surface area contributed by atoms with Gasteiger partial charge >= 0.3 is 18.5 Å². The number of hydrogen-bond acceptors (Lipinski definition) is 6. The van der Waals surface area contributed by atoms with Gasteiger partial charge in [0.1, 0.15) is 16.9 Å². The van der Waals surface area contributed by atoms with Crippen LogP contribution in [0.5, 0.6) is 0 Å². The summed E-state index contributed by atoms with van der Waals surface area (Å²) >= 11 is 13.1. The summed E-state index contributed by atoms with van der Waals surface area (Å²) in [7, 11) is 0. The van der Waals surface area contributed by atoms with E-state index in [-0.39, 0.29) is 6.54 Å². The van der Waals surface area contributed by atoms with Crippen molar-refractivity contribution in [2.45, 2.75) is 31.2 Å². The average Bonchev–Trinajstić information content (AvgIpc) is 3.36. The minimum Gasteiger partial charge on any atom is -0.332 e. The van der Waals surface area contributed by atoms with Crippen LogP contribution in [0, 0.1) is 0 Å². The number of aliphatic imine (C=N–C) groups is 2. The Labute approximate surface area is 209 Å². The second-order valence-corrected chi connectivity index (χ2v) is 8.90. The van der Waals surface area contributed by atoms with Crippen LogP contribution in [0.4, 0.5) is 45.2 Å². The van der Waals surface area contributed by atoms with Crippen molar-refractivity contribution in [1.82, 2.24) is 15.7 Å². The van der Waals surface area contributed by atoms with Gasteiger partial charge in [-0.05, 0) is 12.1 Å². The number of amidine groups is 2. The molecule has 2 aliphatic rings. The number of allylic oxidation sites excluding steroid dienone is 1. The molecule has 18 heteroatoms. The maximum atomic E-state index is 13.9. The number of aromatic nitrogens is 1. The van der Waals surface area contributed by atoms with Gasteiger partial charge in [-0.1, -0.05) is 23.2 Å². The van der Waals surface area contributed by atoms with Crippen LogP contribution in [0.3, 0.4) is 0 Å². The molecular weight excluding hydrogens is 574 g/mol. The minimum absolute atomic E-state index is 0.321. The quantitative estimate of drug-likeness (QED) is 0.429. The van der Waals surface area contributed by atoms with E-state index in [4.69, 9.17) is 23.2 Å². The van der Waals surface area contributed by atoms with Crippen molar-refractivity contribution in [3.63, 3.8) is 0 Å². The number of fused-ring (bicyclic) bond motifs is 1. The monoisotopic (exact) mass is 582 g/mol. The van der Waals surface area contributed by atoms with E-state index in [9.17, 15) is 39.5 Å². The smallest absolute Gasteiger partial charge is 0.332 e. The largest absolute Gasteiger partial charge is 0.449 e. The van der Waals surface area contributed by atoms with Crippen LogP contribution in [0.2, 0.25) is 10.0 Å². The normalized spacial score (nSPS) is 20.1. The van der Waals surface area contributed by atoms with Crippen LogP contribution in [0.15, 0.2) is 45.0 Å². The maximum absolute atomic E-state index is 13.9. The van der Waals surface area contributed by atoms with Crippen molar-refractivity contribution in [2.24, 2.45) is 9.98 Å². The molecule has 1 saturated heterocycles. The third-order valence-corrected chi connectivity index (χ3v) is 6.06. The van der Waals surface area contributed by atoms with E-state index in [0.717, 1.165) is 11.3 Å². The molecule has 1 fully saturated rings. The predicted octanol–water partition coefficient (Wildman–Crippen LogP) is 6.10. The zero-order valence-electron chi connectivity index (χ0n) is 16.9. The minimum atomic E-state index is -5.33. The molecule has 2 aliphatic heterocycles. The molecule has 2 N–H and O–H groups in total. The van der Waals surface area contributed by atoms with Crippen LogP contribution in [0.25, 0.3) is 0 Å². The molecule has 4 rings (SSSR count). The molecule has 194 valence electrons. The molecule has 36 heavy (non-hydrogen) atoms. The molecule has 0 radical (unpaired) electrons. The van der Waals surface area contributed by atoms with Gasteiger partial charge in [0, 0.05) is 11.6 Å². The summed E-state index contributed by atoms with van der Waals surface area (Å²) in [5, 5.41) is 2.49. The third-order valence-electron chi connectivity index (χ3n) is 4.72. The van der Waals surface area contributed by atoms with Crippen LogP contribution in [-0.2, 0) is 12.7 Å². The molecule has 2 aromatic rings. The highest BCUT2D eigenvalue weighted by atomic mass is 35.5. The summed E-state index contributed by atoms with van der Waals surface area (Å²) in [5.74, 6) is -2.56. The van der Waals surface area contributed by atoms with E-state index in [0.29, 0.717) is 22.1 Å². The Morgan fingerprint density at radius 3 is 2.11 bits per heavy atom.